The number of thiophene rings is 1. The maximum absolute atomic E-state index is 5.60. The average molecular weight is 265 g/mol. The Kier molecular flexibility index (Phi) is 3.93. The molecule has 6 nitrogen and oxygen atoms in total. The minimum Gasteiger partial charge on any atom is -0.464 e. The second-order valence-corrected chi connectivity index (χ2v) is 4.59. The predicted molar refractivity (Wildman–Crippen MR) is 71.8 cm³/mol. The highest BCUT2D eigenvalue weighted by molar-refractivity contribution is 7.10. The van der Waals surface area contributed by atoms with Gasteiger partial charge in [0.2, 0.25) is 11.9 Å². The molecule has 7 heteroatoms. The second kappa shape index (κ2) is 5.63. The number of nitrogen functional groups attached to an aromatic ring is 1. The molecule has 2 aromatic rings. The highest BCUT2D eigenvalue weighted by atomic mass is 32.1. The standard InChI is InChI=1S/C11H15N5OS/c1-3-17-11-15-9(12)14-10(16-11)13-7(2)8-5-4-6-18-8/h4-7H,3H2,1-2H3,(H3,12,13,14,15,16). The van der Waals surface area contributed by atoms with Crippen molar-refractivity contribution in [3.63, 3.8) is 0 Å². The summed E-state index contributed by atoms with van der Waals surface area (Å²) in [5, 5.41) is 5.20. The van der Waals surface area contributed by atoms with Gasteiger partial charge in [0.1, 0.15) is 0 Å². The molecule has 0 spiro atoms. The summed E-state index contributed by atoms with van der Waals surface area (Å²) in [6, 6.07) is 4.41. The molecule has 1 atom stereocenters. The van der Waals surface area contributed by atoms with Crippen molar-refractivity contribution in [3.05, 3.63) is 22.4 Å². The van der Waals surface area contributed by atoms with Crippen molar-refractivity contribution in [2.45, 2.75) is 19.9 Å². The second-order valence-electron chi connectivity index (χ2n) is 3.61. The van der Waals surface area contributed by atoms with Gasteiger partial charge in [-0.1, -0.05) is 6.07 Å². The first-order valence-electron chi connectivity index (χ1n) is 5.63. The number of nitrogens with one attached hydrogen (secondary N) is 1. The molecule has 18 heavy (non-hydrogen) atoms. The largest absolute Gasteiger partial charge is 0.464 e. The number of nitrogens with two attached hydrogens (primary N) is 1. The van der Waals surface area contributed by atoms with Crippen LogP contribution in [0.3, 0.4) is 0 Å². The van der Waals surface area contributed by atoms with Crippen LogP contribution < -0.4 is 15.8 Å². The summed E-state index contributed by atoms with van der Waals surface area (Å²) < 4.78 is 5.22. The van der Waals surface area contributed by atoms with Crippen LogP contribution in [0.2, 0.25) is 0 Å². The molecule has 0 aliphatic rings. The molecule has 96 valence electrons. The summed E-state index contributed by atoms with van der Waals surface area (Å²) in [6.07, 6.45) is 0. The van der Waals surface area contributed by atoms with Crippen molar-refractivity contribution in [3.8, 4) is 6.01 Å². The Morgan fingerprint density at radius 3 is 2.94 bits per heavy atom. The quantitative estimate of drug-likeness (QED) is 0.861. The maximum atomic E-state index is 5.60. The summed E-state index contributed by atoms with van der Waals surface area (Å²) >= 11 is 1.67. The number of hydrogen-bond acceptors (Lipinski definition) is 7. The van der Waals surface area contributed by atoms with E-state index in [4.69, 9.17) is 10.5 Å². The number of anilines is 2. The summed E-state index contributed by atoms with van der Waals surface area (Å²) in [4.78, 5) is 13.3. The highest BCUT2D eigenvalue weighted by Gasteiger charge is 2.10. The molecule has 0 radical (unpaired) electrons. The van der Waals surface area contributed by atoms with Crippen molar-refractivity contribution >= 4 is 23.2 Å². The van der Waals surface area contributed by atoms with Crippen LogP contribution in [0.25, 0.3) is 0 Å². The third-order valence-corrected chi connectivity index (χ3v) is 3.28. The fourth-order valence-electron chi connectivity index (χ4n) is 1.43. The van der Waals surface area contributed by atoms with Gasteiger partial charge in [-0.25, -0.2) is 0 Å². The van der Waals surface area contributed by atoms with Gasteiger partial charge in [0, 0.05) is 4.88 Å². The van der Waals surface area contributed by atoms with Crippen molar-refractivity contribution in [1.82, 2.24) is 15.0 Å². The van der Waals surface area contributed by atoms with E-state index in [1.54, 1.807) is 11.3 Å². The van der Waals surface area contributed by atoms with E-state index in [-0.39, 0.29) is 18.0 Å². The van der Waals surface area contributed by atoms with Crippen molar-refractivity contribution < 1.29 is 4.74 Å². The molecule has 0 aromatic carbocycles. The topological polar surface area (TPSA) is 86.0 Å². The summed E-state index contributed by atoms with van der Waals surface area (Å²) in [5.41, 5.74) is 5.60. The summed E-state index contributed by atoms with van der Waals surface area (Å²) in [5.74, 6) is 0.571. The Labute approximate surface area is 109 Å². The van der Waals surface area contributed by atoms with Crippen LogP contribution in [0.4, 0.5) is 11.9 Å². The van der Waals surface area contributed by atoms with Crippen molar-refractivity contribution in [2.24, 2.45) is 0 Å². The van der Waals surface area contributed by atoms with Gasteiger partial charge in [-0.05, 0) is 25.3 Å². The fourth-order valence-corrected chi connectivity index (χ4v) is 2.17. The number of rotatable bonds is 5. The molecule has 2 rings (SSSR count). The minimum atomic E-state index is 0.112. The first-order chi connectivity index (χ1) is 8.69. The molecule has 0 fully saturated rings. The minimum absolute atomic E-state index is 0.112. The van der Waals surface area contributed by atoms with E-state index in [1.165, 1.54) is 4.88 Å². The third-order valence-electron chi connectivity index (χ3n) is 2.22. The maximum Gasteiger partial charge on any atom is 0.323 e. The zero-order chi connectivity index (χ0) is 13.0. The smallest absolute Gasteiger partial charge is 0.323 e. The Morgan fingerprint density at radius 2 is 2.28 bits per heavy atom. The SMILES string of the molecule is CCOc1nc(N)nc(NC(C)c2cccs2)n1. The summed E-state index contributed by atoms with van der Waals surface area (Å²) in [6.45, 7) is 4.39. The normalized spacial score (nSPS) is 12.1. The molecule has 0 aliphatic carbocycles. The first-order valence-corrected chi connectivity index (χ1v) is 6.51. The van der Waals surface area contributed by atoms with Gasteiger partial charge in [-0.15, -0.1) is 11.3 Å². The van der Waals surface area contributed by atoms with E-state index >= 15 is 0 Å². The van der Waals surface area contributed by atoms with Gasteiger partial charge >= 0.3 is 6.01 Å². The zero-order valence-corrected chi connectivity index (χ0v) is 11.1. The van der Waals surface area contributed by atoms with Crippen LogP contribution in [0.5, 0.6) is 6.01 Å². The number of hydrogen-bond donors (Lipinski definition) is 2. The number of aromatic nitrogens is 3. The Hall–Kier alpha value is -1.89. The lowest BCUT2D eigenvalue weighted by Gasteiger charge is -2.12. The van der Waals surface area contributed by atoms with E-state index < -0.39 is 0 Å². The van der Waals surface area contributed by atoms with Crippen LogP contribution in [0.1, 0.15) is 24.8 Å². The lowest BCUT2D eigenvalue weighted by atomic mass is 10.3. The van der Waals surface area contributed by atoms with E-state index in [0.717, 1.165) is 0 Å². The number of nitrogens with zero attached hydrogens (tertiary/aromatic N) is 3. The summed E-state index contributed by atoms with van der Waals surface area (Å²) in [7, 11) is 0. The van der Waals surface area contributed by atoms with Gasteiger partial charge in [-0.2, -0.15) is 15.0 Å². The van der Waals surface area contributed by atoms with Crippen molar-refractivity contribution in [1.29, 1.82) is 0 Å². The lowest BCUT2D eigenvalue weighted by molar-refractivity contribution is 0.312. The third kappa shape index (κ3) is 3.07. The van der Waals surface area contributed by atoms with Gasteiger partial charge in [0.05, 0.1) is 12.6 Å². The van der Waals surface area contributed by atoms with Gasteiger partial charge in [-0.3, -0.25) is 0 Å². The lowest BCUT2D eigenvalue weighted by Crippen LogP contribution is -2.11. The molecule has 3 N–H and O–H groups in total. The fraction of sp³-hybridized carbons (Fsp3) is 0.364. The molecular weight excluding hydrogens is 250 g/mol. The van der Waals surface area contributed by atoms with E-state index in [1.807, 2.05) is 25.3 Å². The monoisotopic (exact) mass is 265 g/mol. The molecule has 0 bridgehead atoms. The van der Waals surface area contributed by atoms with Crippen LogP contribution >= 0.6 is 11.3 Å². The molecule has 1 unspecified atom stereocenters. The highest BCUT2D eigenvalue weighted by Crippen LogP contribution is 2.22. The zero-order valence-electron chi connectivity index (χ0n) is 10.3. The van der Waals surface area contributed by atoms with Gasteiger partial charge in [0.25, 0.3) is 0 Å². The molecule has 2 aromatic heterocycles. The molecule has 0 saturated carbocycles. The van der Waals surface area contributed by atoms with Gasteiger partial charge in [0.15, 0.2) is 0 Å². The van der Waals surface area contributed by atoms with Gasteiger partial charge < -0.3 is 15.8 Å². The van der Waals surface area contributed by atoms with E-state index in [0.29, 0.717) is 12.6 Å². The molecule has 0 aliphatic heterocycles. The predicted octanol–water partition coefficient (Wildman–Crippen LogP) is 2.09. The average Bonchev–Trinajstić information content (AvgIpc) is 2.81. The van der Waals surface area contributed by atoms with E-state index in [9.17, 15) is 0 Å². The van der Waals surface area contributed by atoms with Crippen LogP contribution in [-0.4, -0.2) is 21.6 Å². The van der Waals surface area contributed by atoms with Crippen LogP contribution in [-0.2, 0) is 0 Å². The molecule has 0 saturated heterocycles. The van der Waals surface area contributed by atoms with Crippen molar-refractivity contribution in [2.75, 3.05) is 17.7 Å². The van der Waals surface area contributed by atoms with Crippen LogP contribution in [0, 0.1) is 0 Å². The molecule has 0 amide bonds. The Morgan fingerprint density at radius 1 is 1.44 bits per heavy atom. The first kappa shape index (κ1) is 12.6. The number of ether oxygens (including phenoxy) is 1. The Bertz CT molecular complexity index is 502. The van der Waals surface area contributed by atoms with E-state index in [2.05, 4.69) is 26.3 Å². The Balaban J connectivity index is 2.13. The molecule has 2 heterocycles. The van der Waals surface area contributed by atoms with Crippen LogP contribution in [0.15, 0.2) is 17.5 Å². The molecular formula is C11H15N5OS.